The standard InChI is InChI=1S/C23H27ClN4O3S/c1-23(2,3)28-22(29)20(21(32(28,30)31)16-7-5-4-6-8-16)26-18-11-13-27(14-12-18)19-10-9-17(24)15-25-19/h4-10,15,18,21H,11-14H2,1-3H3. The van der Waals surface area contributed by atoms with Crippen LogP contribution in [0.3, 0.4) is 0 Å². The maximum Gasteiger partial charge on any atom is 0.283 e. The molecule has 2 aliphatic rings. The molecule has 2 fully saturated rings. The number of piperidine rings is 1. The maximum absolute atomic E-state index is 13.5. The van der Waals surface area contributed by atoms with Crippen LogP contribution in [-0.4, -0.2) is 54.0 Å². The second kappa shape index (κ2) is 8.48. The second-order valence-electron chi connectivity index (χ2n) is 9.14. The zero-order chi connectivity index (χ0) is 23.1. The van der Waals surface area contributed by atoms with Crippen LogP contribution in [-0.2, 0) is 14.8 Å². The van der Waals surface area contributed by atoms with Crippen LogP contribution in [0.4, 0.5) is 5.82 Å². The molecule has 1 aromatic carbocycles. The molecule has 0 radical (unpaired) electrons. The molecule has 2 aromatic rings. The van der Waals surface area contributed by atoms with Crippen molar-refractivity contribution in [3.63, 3.8) is 0 Å². The van der Waals surface area contributed by atoms with Gasteiger partial charge < -0.3 is 4.90 Å². The van der Waals surface area contributed by atoms with E-state index in [1.807, 2.05) is 18.2 Å². The molecule has 1 atom stereocenters. The molecule has 1 aromatic heterocycles. The normalized spacial score (nSPS) is 23.2. The zero-order valence-corrected chi connectivity index (χ0v) is 20.0. The van der Waals surface area contributed by atoms with Crippen LogP contribution in [0.1, 0.15) is 44.4 Å². The number of rotatable bonds is 3. The number of benzene rings is 1. The van der Waals surface area contributed by atoms with Crippen molar-refractivity contribution in [2.75, 3.05) is 18.0 Å². The topological polar surface area (TPSA) is 82.9 Å². The largest absolute Gasteiger partial charge is 0.356 e. The first-order chi connectivity index (χ1) is 15.1. The fraction of sp³-hybridized carbons (Fsp3) is 0.435. The van der Waals surface area contributed by atoms with Gasteiger partial charge in [0.2, 0.25) is 0 Å². The molecule has 4 rings (SSSR count). The fourth-order valence-corrected chi connectivity index (χ4v) is 6.68. The molecular weight excluding hydrogens is 448 g/mol. The number of pyridine rings is 1. The van der Waals surface area contributed by atoms with Crippen LogP contribution in [0.5, 0.6) is 0 Å². The average Bonchev–Trinajstić information content (AvgIpc) is 2.94. The SMILES string of the molecule is CC(C)(C)N1C(=O)C(=NC2CCN(c3ccc(Cl)cn3)CC2)C(c2ccccc2)S1(=O)=O. The van der Waals surface area contributed by atoms with Gasteiger partial charge in [-0.3, -0.25) is 9.79 Å². The molecule has 2 aliphatic heterocycles. The smallest absolute Gasteiger partial charge is 0.283 e. The monoisotopic (exact) mass is 474 g/mol. The van der Waals surface area contributed by atoms with Crippen LogP contribution >= 0.6 is 11.6 Å². The van der Waals surface area contributed by atoms with E-state index >= 15 is 0 Å². The first-order valence-corrected chi connectivity index (χ1v) is 12.5. The van der Waals surface area contributed by atoms with E-state index in [2.05, 4.69) is 9.88 Å². The number of aliphatic imine (C=N–C) groups is 1. The maximum atomic E-state index is 13.5. The Morgan fingerprint density at radius 1 is 1.06 bits per heavy atom. The Labute approximate surface area is 194 Å². The summed E-state index contributed by atoms with van der Waals surface area (Å²) in [6.07, 6.45) is 3.03. The Bertz CT molecular complexity index is 1120. The van der Waals surface area contributed by atoms with Gasteiger partial charge >= 0.3 is 0 Å². The molecule has 0 N–H and O–H groups in total. The highest BCUT2D eigenvalue weighted by atomic mass is 35.5. The van der Waals surface area contributed by atoms with Crippen molar-refractivity contribution in [2.24, 2.45) is 4.99 Å². The summed E-state index contributed by atoms with van der Waals surface area (Å²) in [6, 6.07) is 12.4. The van der Waals surface area contributed by atoms with Gasteiger partial charge in [-0.05, 0) is 51.3 Å². The number of hydrogen-bond acceptors (Lipinski definition) is 6. The lowest BCUT2D eigenvalue weighted by atomic mass is 10.0. The number of halogens is 1. The minimum atomic E-state index is -3.93. The first-order valence-electron chi connectivity index (χ1n) is 10.7. The van der Waals surface area contributed by atoms with Crippen LogP contribution < -0.4 is 4.90 Å². The lowest BCUT2D eigenvalue weighted by Crippen LogP contribution is -2.45. The third-order valence-corrected chi connectivity index (χ3v) is 8.27. The summed E-state index contributed by atoms with van der Waals surface area (Å²) in [4.78, 5) is 24.6. The molecule has 1 unspecified atom stereocenters. The number of hydrogen-bond donors (Lipinski definition) is 0. The van der Waals surface area contributed by atoms with Crippen LogP contribution in [0, 0.1) is 0 Å². The molecule has 0 saturated carbocycles. The number of carbonyl (C=O) groups excluding carboxylic acids is 1. The molecule has 2 saturated heterocycles. The summed E-state index contributed by atoms with van der Waals surface area (Å²) in [5, 5.41) is -0.488. The highest BCUT2D eigenvalue weighted by Crippen LogP contribution is 2.39. The van der Waals surface area contributed by atoms with Gasteiger partial charge in [0.25, 0.3) is 15.9 Å². The number of nitrogens with zero attached hydrogens (tertiary/aromatic N) is 4. The quantitative estimate of drug-likeness (QED) is 0.674. The number of carbonyl (C=O) groups is 1. The minimum absolute atomic E-state index is 0.120. The molecule has 1 amide bonds. The molecule has 0 bridgehead atoms. The predicted molar refractivity (Wildman–Crippen MR) is 127 cm³/mol. The summed E-state index contributed by atoms with van der Waals surface area (Å²) in [5.41, 5.74) is -0.188. The third-order valence-electron chi connectivity index (χ3n) is 5.74. The lowest BCUT2D eigenvalue weighted by molar-refractivity contribution is -0.122. The van der Waals surface area contributed by atoms with E-state index in [0.29, 0.717) is 23.4 Å². The lowest BCUT2D eigenvalue weighted by Gasteiger charge is -2.31. The highest BCUT2D eigenvalue weighted by molar-refractivity contribution is 7.91. The van der Waals surface area contributed by atoms with Gasteiger partial charge in [0, 0.05) is 19.3 Å². The predicted octanol–water partition coefficient (Wildman–Crippen LogP) is 3.86. The van der Waals surface area contributed by atoms with E-state index < -0.39 is 26.7 Å². The van der Waals surface area contributed by atoms with Gasteiger partial charge in [0.15, 0.2) is 5.25 Å². The van der Waals surface area contributed by atoms with Crippen molar-refractivity contribution < 1.29 is 13.2 Å². The van der Waals surface area contributed by atoms with Gasteiger partial charge in [0.05, 0.1) is 16.6 Å². The van der Waals surface area contributed by atoms with Crippen molar-refractivity contribution in [3.05, 3.63) is 59.2 Å². The van der Waals surface area contributed by atoms with Crippen molar-refractivity contribution in [1.82, 2.24) is 9.29 Å². The number of aromatic nitrogens is 1. The Balaban J connectivity index is 1.63. The van der Waals surface area contributed by atoms with Crippen molar-refractivity contribution in [2.45, 2.75) is 50.4 Å². The Morgan fingerprint density at radius 3 is 2.28 bits per heavy atom. The molecule has 32 heavy (non-hydrogen) atoms. The van der Waals surface area contributed by atoms with E-state index in [-0.39, 0.29) is 11.8 Å². The van der Waals surface area contributed by atoms with E-state index in [9.17, 15) is 13.2 Å². The molecule has 170 valence electrons. The van der Waals surface area contributed by atoms with E-state index in [1.54, 1.807) is 51.2 Å². The second-order valence-corrected chi connectivity index (χ2v) is 11.4. The summed E-state index contributed by atoms with van der Waals surface area (Å²) >= 11 is 5.93. The van der Waals surface area contributed by atoms with Crippen molar-refractivity contribution in [3.8, 4) is 0 Å². The van der Waals surface area contributed by atoms with Gasteiger partial charge in [-0.25, -0.2) is 17.7 Å². The van der Waals surface area contributed by atoms with Crippen molar-refractivity contribution in [1.29, 1.82) is 0 Å². The van der Waals surface area contributed by atoms with E-state index in [0.717, 1.165) is 23.2 Å². The zero-order valence-electron chi connectivity index (χ0n) is 18.4. The first kappa shape index (κ1) is 22.7. The van der Waals surface area contributed by atoms with Gasteiger partial charge in [-0.2, -0.15) is 0 Å². The number of sulfonamides is 1. The minimum Gasteiger partial charge on any atom is -0.356 e. The number of amides is 1. The molecule has 0 aliphatic carbocycles. The summed E-state index contributed by atoms with van der Waals surface area (Å²) < 4.78 is 27.9. The molecule has 3 heterocycles. The molecular formula is C23H27ClN4O3S. The van der Waals surface area contributed by atoms with Gasteiger partial charge in [-0.15, -0.1) is 0 Å². The molecule has 7 nitrogen and oxygen atoms in total. The van der Waals surface area contributed by atoms with Crippen LogP contribution in [0.25, 0.3) is 0 Å². The Kier molecular flexibility index (Phi) is 6.02. The molecule has 9 heteroatoms. The van der Waals surface area contributed by atoms with E-state index in [4.69, 9.17) is 16.6 Å². The van der Waals surface area contributed by atoms with Crippen LogP contribution in [0.2, 0.25) is 5.02 Å². The number of anilines is 1. The van der Waals surface area contributed by atoms with Gasteiger partial charge in [-0.1, -0.05) is 41.9 Å². The summed E-state index contributed by atoms with van der Waals surface area (Å²) in [5.74, 6) is 0.328. The molecule has 0 spiro atoms. The highest BCUT2D eigenvalue weighted by Gasteiger charge is 2.54. The average molecular weight is 475 g/mol. The Hall–Kier alpha value is -2.45. The van der Waals surface area contributed by atoms with Crippen LogP contribution in [0.15, 0.2) is 53.7 Å². The third kappa shape index (κ3) is 4.26. The Morgan fingerprint density at radius 2 is 1.72 bits per heavy atom. The van der Waals surface area contributed by atoms with E-state index in [1.165, 1.54) is 0 Å². The summed E-state index contributed by atoms with van der Waals surface area (Å²) in [6.45, 7) is 6.62. The fourth-order valence-electron chi connectivity index (χ4n) is 4.32. The summed E-state index contributed by atoms with van der Waals surface area (Å²) in [7, 11) is -3.93. The van der Waals surface area contributed by atoms with Crippen molar-refractivity contribution >= 4 is 39.1 Å². The van der Waals surface area contributed by atoms with Gasteiger partial charge in [0.1, 0.15) is 11.5 Å².